The topological polar surface area (TPSA) is 75.7 Å². The number of carboxylic acid groups (broad SMARTS) is 1. The number of esters is 1. The van der Waals surface area contributed by atoms with Gasteiger partial charge in [-0.05, 0) is 64.8 Å². The van der Waals surface area contributed by atoms with Crippen LogP contribution in [0.2, 0.25) is 0 Å². The summed E-state index contributed by atoms with van der Waals surface area (Å²) in [7, 11) is 1.40. The summed E-state index contributed by atoms with van der Waals surface area (Å²) in [5.74, 6) is -5.20. The highest BCUT2D eigenvalue weighted by Gasteiger charge is 2.22. The van der Waals surface area contributed by atoms with Gasteiger partial charge in [0.1, 0.15) is 0 Å². The fourth-order valence-electron chi connectivity index (χ4n) is 2.39. The summed E-state index contributed by atoms with van der Waals surface area (Å²) in [6, 6.07) is 4.37. The molecule has 0 fully saturated rings. The zero-order chi connectivity index (χ0) is 20.3. The molecule has 0 aliphatic heterocycles. The Bertz CT molecular complexity index is 898. The van der Waals surface area contributed by atoms with Gasteiger partial charge in [-0.2, -0.15) is 0 Å². The molecule has 0 bridgehead atoms. The van der Waals surface area contributed by atoms with Gasteiger partial charge in [-0.3, -0.25) is 0 Å². The smallest absolute Gasteiger partial charge is 0.344 e. The molecular formula is C19H16F2IO5-. The Morgan fingerprint density at radius 3 is 2.26 bits per heavy atom. The third kappa shape index (κ3) is 4.55. The summed E-state index contributed by atoms with van der Waals surface area (Å²) in [4.78, 5) is 23.6. The van der Waals surface area contributed by atoms with Crippen molar-refractivity contribution in [3.63, 3.8) is 0 Å². The van der Waals surface area contributed by atoms with Crippen molar-refractivity contribution in [1.82, 2.24) is 0 Å². The van der Waals surface area contributed by atoms with Crippen molar-refractivity contribution in [1.29, 1.82) is 0 Å². The van der Waals surface area contributed by atoms with Gasteiger partial charge in [0.2, 0.25) is 0 Å². The Morgan fingerprint density at radius 2 is 1.74 bits per heavy atom. The monoisotopic (exact) mass is 489 g/mol. The third-order valence-corrected chi connectivity index (χ3v) is 4.93. The molecule has 2 aromatic rings. The summed E-state index contributed by atoms with van der Waals surface area (Å²) >= 11 is 1.95. The number of carbonyl (C=O) groups is 2. The maximum atomic E-state index is 13.5. The molecule has 0 aliphatic rings. The van der Waals surface area contributed by atoms with Gasteiger partial charge in [0, 0.05) is 5.56 Å². The fraction of sp³-hybridized carbons (Fsp3) is 0.263. The van der Waals surface area contributed by atoms with Crippen LogP contribution in [0.25, 0.3) is 0 Å². The average molecular weight is 489 g/mol. The molecule has 2 rings (SSSR count). The molecule has 2 aromatic carbocycles. The van der Waals surface area contributed by atoms with Crippen LogP contribution in [0.4, 0.5) is 8.78 Å². The summed E-state index contributed by atoms with van der Waals surface area (Å²) in [5.41, 5.74) is -0.483. The fourth-order valence-corrected chi connectivity index (χ4v) is 3.13. The van der Waals surface area contributed by atoms with Gasteiger partial charge in [0.15, 0.2) is 23.1 Å². The number of benzene rings is 2. The maximum absolute atomic E-state index is 13.5. The summed E-state index contributed by atoms with van der Waals surface area (Å²) in [6.45, 7) is 4.06. The van der Waals surface area contributed by atoms with E-state index in [9.17, 15) is 23.5 Å². The van der Waals surface area contributed by atoms with Crippen LogP contribution in [-0.2, 0) is 0 Å². The molecule has 27 heavy (non-hydrogen) atoms. The standard InChI is InChI=1S/C19H17F2IO5/c1-4-9(2)10-5-15(22)17(16(6-10)26-3)27-19(25)12-8-14(21)13(20)7-11(12)18(23)24/h5-9H,4H2,1-3H3,(H,23,24)/p-1. The lowest BCUT2D eigenvalue weighted by Gasteiger charge is -2.17. The Labute approximate surface area is 168 Å². The molecule has 1 atom stereocenters. The minimum atomic E-state index is -1.82. The second-order valence-electron chi connectivity index (χ2n) is 5.83. The lowest BCUT2D eigenvalue weighted by Crippen LogP contribution is -2.26. The quantitative estimate of drug-likeness (QED) is 0.352. The molecule has 1 unspecified atom stereocenters. The Balaban J connectivity index is 2.47. The van der Waals surface area contributed by atoms with Crippen LogP contribution < -0.4 is 14.6 Å². The molecule has 0 aromatic heterocycles. The van der Waals surface area contributed by atoms with E-state index in [0.29, 0.717) is 15.7 Å². The van der Waals surface area contributed by atoms with E-state index in [4.69, 9.17) is 9.47 Å². The molecular weight excluding hydrogens is 473 g/mol. The van der Waals surface area contributed by atoms with E-state index in [0.717, 1.165) is 12.0 Å². The van der Waals surface area contributed by atoms with E-state index in [1.54, 1.807) is 6.07 Å². The van der Waals surface area contributed by atoms with Crippen molar-refractivity contribution in [3.8, 4) is 11.5 Å². The molecule has 0 amide bonds. The number of halogens is 3. The van der Waals surface area contributed by atoms with Crippen molar-refractivity contribution in [2.24, 2.45) is 0 Å². The zero-order valence-corrected chi connectivity index (χ0v) is 16.9. The van der Waals surface area contributed by atoms with Gasteiger partial charge in [0.25, 0.3) is 0 Å². The predicted octanol–water partition coefficient (Wildman–Crippen LogP) is 3.67. The molecule has 0 N–H and O–H groups in total. The lowest BCUT2D eigenvalue weighted by molar-refractivity contribution is -0.255. The molecule has 0 aliphatic carbocycles. The Morgan fingerprint density at radius 1 is 1.15 bits per heavy atom. The molecule has 0 radical (unpaired) electrons. The number of carbonyl (C=O) groups excluding carboxylic acids is 2. The van der Waals surface area contributed by atoms with Crippen LogP contribution in [0.15, 0.2) is 24.3 Å². The highest BCUT2D eigenvalue weighted by atomic mass is 127. The highest BCUT2D eigenvalue weighted by Crippen LogP contribution is 2.37. The molecule has 0 saturated carbocycles. The molecule has 0 heterocycles. The van der Waals surface area contributed by atoms with Gasteiger partial charge in [-0.1, -0.05) is 13.8 Å². The van der Waals surface area contributed by atoms with Crippen LogP contribution in [0.1, 0.15) is 52.5 Å². The number of rotatable bonds is 6. The first kappa shape index (κ1) is 21.1. The van der Waals surface area contributed by atoms with Crippen molar-refractivity contribution < 1.29 is 33.0 Å². The third-order valence-electron chi connectivity index (χ3n) is 4.13. The van der Waals surface area contributed by atoms with E-state index in [-0.39, 0.29) is 17.4 Å². The van der Waals surface area contributed by atoms with Crippen molar-refractivity contribution >= 4 is 34.5 Å². The van der Waals surface area contributed by atoms with Gasteiger partial charge in [-0.25, -0.2) is 13.6 Å². The van der Waals surface area contributed by atoms with Crippen LogP contribution >= 0.6 is 22.6 Å². The first-order valence-corrected chi connectivity index (χ1v) is 9.07. The number of ether oxygens (including phenoxy) is 2. The van der Waals surface area contributed by atoms with Crippen molar-refractivity contribution in [2.75, 3.05) is 7.11 Å². The van der Waals surface area contributed by atoms with Gasteiger partial charge >= 0.3 is 5.97 Å². The molecule has 5 nitrogen and oxygen atoms in total. The largest absolute Gasteiger partial charge is 0.545 e. The lowest BCUT2D eigenvalue weighted by atomic mass is 9.98. The van der Waals surface area contributed by atoms with Crippen LogP contribution in [0.5, 0.6) is 11.5 Å². The predicted molar refractivity (Wildman–Crippen MR) is 100 cm³/mol. The normalized spacial score (nSPS) is 11.8. The second kappa shape index (κ2) is 8.64. The first-order valence-electron chi connectivity index (χ1n) is 7.99. The molecule has 8 heteroatoms. The zero-order valence-electron chi connectivity index (χ0n) is 14.8. The van der Waals surface area contributed by atoms with Gasteiger partial charge in [0.05, 0.1) is 22.2 Å². The average Bonchev–Trinajstić information content (AvgIpc) is 2.63. The van der Waals surface area contributed by atoms with E-state index >= 15 is 0 Å². The van der Waals surface area contributed by atoms with Gasteiger partial charge < -0.3 is 19.4 Å². The van der Waals surface area contributed by atoms with E-state index in [1.807, 2.05) is 42.5 Å². The van der Waals surface area contributed by atoms with Crippen LogP contribution in [0.3, 0.4) is 0 Å². The number of hydrogen-bond donors (Lipinski definition) is 0. The molecule has 144 valence electrons. The van der Waals surface area contributed by atoms with Crippen LogP contribution in [0, 0.1) is 15.2 Å². The van der Waals surface area contributed by atoms with E-state index in [1.165, 1.54) is 7.11 Å². The second-order valence-corrected chi connectivity index (χ2v) is 6.99. The number of aromatic carboxylic acids is 1. The molecule has 0 spiro atoms. The minimum absolute atomic E-state index is 0.0594. The minimum Gasteiger partial charge on any atom is -0.545 e. The van der Waals surface area contributed by atoms with Gasteiger partial charge in [-0.15, -0.1) is 0 Å². The number of hydrogen-bond acceptors (Lipinski definition) is 5. The van der Waals surface area contributed by atoms with Crippen molar-refractivity contribution in [3.05, 3.63) is 56.2 Å². The Kier molecular flexibility index (Phi) is 6.74. The number of methoxy groups -OCH3 is 1. The van der Waals surface area contributed by atoms with E-state index < -0.39 is 34.7 Å². The Hall–Kier alpha value is -2.23. The maximum Gasteiger partial charge on any atom is 0.344 e. The highest BCUT2D eigenvalue weighted by molar-refractivity contribution is 14.1. The van der Waals surface area contributed by atoms with E-state index in [2.05, 4.69) is 0 Å². The molecule has 0 saturated heterocycles. The summed E-state index contributed by atoms with van der Waals surface area (Å²) < 4.78 is 37.9. The summed E-state index contributed by atoms with van der Waals surface area (Å²) in [6.07, 6.45) is 0.891. The SMILES string of the molecule is CCC(C)c1cc(I)c(OC(=O)c2cc(F)c(F)cc2C(=O)[O-])c(OC)c1. The first-order chi connectivity index (χ1) is 12.7. The van der Waals surface area contributed by atoms with Crippen molar-refractivity contribution in [2.45, 2.75) is 26.2 Å². The van der Waals surface area contributed by atoms with Crippen LogP contribution in [-0.4, -0.2) is 19.0 Å². The summed E-state index contributed by atoms with van der Waals surface area (Å²) in [5, 5.41) is 11.2. The number of carboxylic acids is 1.